The zero-order valence-corrected chi connectivity index (χ0v) is 13.1. The lowest BCUT2D eigenvalue weighted by Crippen LogP contribution is -2.40. The summed E-state index contributed by atoms with van der Waals surface area (Å²) in [7, 11) is 0. The molecule has 0 N–H and O–H groups in total. The van der Waals surface area contributed by atoms with Crippen molar-refractivity contribution in [3.8, 4) is 0 Å². The molecular weight excluding hydrogens is 296 g/mol. The number of rotatable bonds is 4. The second-order valence-electron chi connectivity index (χ2n) is 5.96. The number of carbonyl (C=O) groups excluding carboxylic acids is 1. The fraction of sp³-hybridized carbons (Fsp3) is 0.500. The molecule has 0 bridgehead atoms. The molecular formula is C16H20N4O3. The molecule has 1 aliphatic heterocycles. The molecule has 0 radical (unpaired) electrons. The van der Waals surface area contributed by atoms with Gasteiger partial charge in [-0.25, -0.2) is 0 Å². The van der Waals surface area contributed by atoms with E-state index in [1.165, 1.54) is 12.1 Å². The molecule has 0 aliphatic carbocycles. The normalized spacial score (nSPS) is 15.8. The van der Waals surface area contributed by atoms with E-state index in [0.29, 0.717) is 11.8 Å². The number of pyridine rings is 1. The van der Waals surface area contributed by atoms with Crippen LogP contribution in [0, 0.1) is 12.8 Å². The Morgan fingerprint density at radius 1 is 1.30 bits per heavy atom. The summed E-state index contributed by atoms with van der Waals surface area (Å²) in [4.78, 5) is 29.5. The Balaban J connectivity index is 1.49. The van der Waals surface area contributed by atoms with E-state index in [4.69, 9.17) is 4.52 Å². The molecule has 1 saturated heterocycles. The molecule has 0 spiro atoms. The molecule has 122 valence electrons. The molecule has 7 nitrogen and oxygen atoms in total. The van der Waals surface area contributed by atoms with E-state index in [2.05, 4.69) is 10.1 Å². The maximum atomic E-state index is 12.3. The van der Waals surface area contributed by atoms with E-state index in [1.54, 1.807) is 23.9 Å². The zero-order valence-electron chi connectivity index (χ0n) is 13.1. The molecule has 0 atom stereocenters. The van der Waals surface area contributed by atoms with E-state index in [1.807, 2.05) is 4.90 Å². The maximum Gasteiger partial charge on any atom is 0.242 e. The van der Waals surface area contributed by atoms with E-state index in [9.17, 15) is 9.59 Å². The van der Waals surface area contributed by atoms with Crippen LogP contribution in [-0.2, 0) is 17.8 Å². The highest BCUT2D eigenvalue weighted by atomic mass is 16.5. The van der Waals surface area contributed by atoms with Crippen LogP contribution in [0.5, 0.6) is 0 Å². The van der Waals surface area contributed by atoms with Crippen LogP contribution in [0.1, 0.15) is 24.6 Å². The van der Waals surface area contributed by atoms with Crippen LogP contribution in [0.2, 0.25) is 0 Å². The first-order valence-electron chi connectivity index (χ1n) is 7.83. The smallest absolute Gasteiger partial charge is 0.242 e. The summed E-state index contributed by atoms with van der Waals surface area (Å²) < 4.78 is 6.72. The number of nitrogens with zero attached hydrogens (tertiary/aromatic N) is 4. The monoisotopic (exact) mass is 316 g/mol. The molecule has 1 amide bonds. The van der Waals surface area contributed by atoms with Crippen molar-refractivity contribution in [2.24, 2.45) is 5.92 Å². The van der Waals surface area contributed by atoms with Crippen LogP contribution in [-0.4, -0.2) is 38.6 Å². The molecule has 2 aromatic rings. The Morgan fingerprint density at radius 3 is 2.61 bits per heavy atom. The lowest BCUT2D eigenvalue weighted by Gasteiger charge is -2.31. The first-order valence-corrected chi connectivity index (χ1v) is 7.83. The van der Waals surface area contributed by atoms with Crippen molar-refractivity contribution in [2.45, 2.75) is 32.7 Å². The third-order valence-electron chi connectivity index (χ3n) is 4.19. The van der Waals surface area contributed by atoms with Gasteiger partial charge in [-0.3, -0.25) is 9.59 Å². The van der Waals surface area contributed by atoms with Crippen molar-refractivity contribution in [1.29, 1.82) is 0 Å². The van der Waals surface area contributed by atoms with Crippen molar-refractivity contribution >= 4 is 5.91 Å². The van der Waals surface area contributed by atoms with E-state index in [-0.39, 0.29) is 17.9 Å². The van der Waals surface area contributed by atoms with Gasteiger partial charge in [-0.15, -0.1) is 0 Å². The first-order chi connectivity index (χ1) is 11.1. The van der Waals surface area contributed by atoms with E-state index in [0.717, 1.165) is 38.2 Å². The van der Waals surface area contributed by atoms with Crippen LogP contribution in [0.25, 0.3) is 0 Å². The third-order valence-corrected chi connectivity index (χ3v) is 4.19. The van der Waals surface area contributed by atoms with Crippen LogP contribution in [0.15, 0.2) is 33.8 Å². The Hall–Kier alpha value is -2.44. The molecule has 1 aliphatic rings. The number of likely N-dealkylation sites (tertiary alicyclic amines) is 1. The Labute approximate surface area is 133 Å². The molecule has 23 heavy (non-hydrogen) atoms. The summed E-state index contributed by atoms with van der Waals surface area (Å²) >= 11 is 0. The number of hydrogen-bond acceptors (Lipinski definition) is 5. The topological polar surface area (TPSA) is 81.2 Å². The summed E-state index contributed by atoms with van der Waals surface area (Å²) in [5.74, 6) is 1.92. The molecule has 7 heteroatoms. The van der Waals surface area contributed by atoms with E-state index < -0.39 is 0 Å². The van der Waals surface area contributed by atoms with Crippen LogP contribution in [0.4, 0.5) is 0 Å². The fourth-order valence-electron chi connectivity index (χ4n) is 2.87. The number of hydrogen-bond donors (Lipinski definition) is 0. The summed E-state index contributed by atoms with van der Waals surface area (Å²) in [5, 5.41) is 3.93. The number of carbonyl (C=O) groups is 1. The summed E-state index contributed by atoms with van der Waals surface area (Å²) in [6.07, 6.45) is 5.99. The summed E-state index contributed by atoms with van der Waals surface area (Å²) in [6.45, 7) is 3.56. The standard InChI is InChI=1S/C16H20N4O3/c1-12-17-15(18-23-12)10-13-2-8-20(9-3-13)16(22)11-19-6-4-14(21)5-7-19/h4-7,13H,2-3,8-11H2,1H3. The number of aryl methyl sites for hydroxylation is 1. The van der Waals surface area contributed by atoms with Gasteiger partial charge < -0.3 is 14.0 Å². The van der Waals surface area contributed by atoms with Crippen LogP contribution in [0.3, 0.4) is 0 Å². The van der Waals surface area contributed by atoms with Crippen molar-refractivity contribution in [3.63, 3.8) is 0 Å². The van der Waals surface area contributed by atoms with Crippen molar-refractivity contribution < 1.29 is 9.32 Å². The number of aromatic nitrogens is 3. The lowest BCUT2D eigenvalue weighted by molar-refractivity contribution is -0.133. The largest absolute Gasteiger partial charge is 0.345 e. The van der Waals surface area contributed by atoms with Gasteiger partial charge in [0.1, 0.15) is 6.54 Å². The minimum absolute atomic E-state index is 0.0498. The second-order valence-corrected chi connectivity index (χ2v) is 5.96. The highest BCUT2D eigenvalue weighted by Gasteiger charge is 2.24. The fourth-order valence-corrected chi connectivity index (χ4v) is 2.87. The average molecular weight is 316 g/mol. The molecule has 0 saturated carbocycles. The van der Waals surface area contributed by atoms with Gasteiger partial charge in [0.25, 0.3) is 0 Å². The Kier molecular flexibility index (Phi) is 4.55. The minimum atomic E-state index is -0.0498. The van der Waals surface area contributed by atoms with Gasteiger partial charge in [-0.05, 0) is 18.8 Å². The van der Waals surface area contributed by atoms with Crippen LogP contribution >= 0.6 is 0 Å². The average Bonchev–Trinajstić information content (AvgIpc) is 2.95. The number of piperidine rings is 1. The van der Waals surface area contributed by atoms with E-state index >= 15 is 0 Å². The van der Waals surface area contributed by atoms with Crippen molar-refractivity contribution in [3.05, 3.63) is 46.5 Å². The van der Waals surface area contributed by atoms with Gasteiger partial charge in [0.2, 0.25) is 11.8 Å². The minimum Gasteiger partial charge on any atom is -0.345 e. The van der Waals surface area contributed by atoms with Crippen LogP contribution < -0.4 is 5.43 Å². The molecule has 1 fully saturated rings. The van der Waals surface area contributed by atoms with Gasteiger partial charge in [-0.2, -0.15) is 4.98 Å². The molecule has 3 heterocycles. The lowest BCUT2D eigenvalue weighted by atomic mass is 9.93. The number of amides is 1. The van der Waals surface area contributed by atoms with Gasteiger partial charge in [0.05, 0.1) is 0 Å². The first kappa shape index (κ1) is 15.5. The van der Waals surface area contributed by atoms with Gasteiger partial charge in [0, 0.05) is 51.0 Å². The highest BCUT2D eigenvalue weighted by molar-refractivity contribution is 5.76. The highest BCUT2D eigenvalue weighted by Crippen LogP contribution is 2.20. The summed E-state index contributed by atoms with van der Waals surface area (Å²) in [6, 6.07) is 2.93. The Bertz CT molecular complexity index is 708. The molecule has 0 unspecified atom stereocenters. The molecule has 2 aromatic heterocycles. The third kappa shape index (κ3) is 4.06. The maximum absolute atomic E-state index is 12.3. The predicted octanol–water partition coefficient (Wildman–Crippen LogP) is 1.02. The summed E-state index contributed by atoms with van der Waals surface area (Å²) in [5.41, 5.74) is -0.0498. The van der Waals surface area contributed by atoms with Crippen molar-refractivity contribution in [2.75, 3.05) is 13.1 Å². The predicted molar refractivity (Wildman–Crippen MR) is 82.7 cm³/mol. The second kappa shape index (κ2) is 6.76. The van der Waals surface area contributed by atoms with Crippen molar-refractivity contribution in [1.82, 2.24) is 19.6 Å². The molecule has 3 rings (SSSR count). The quantitative estimate of drug-likeness (QED) is 0.841. The Morgan fingerprint density at radius 2 is 2.00 bits per heavy atom. The SMILES string of the molecule is Cc1nc(CC2CCN(C(=O)Cn3ccc(=O)cc3)CC2)no1. The molecule has 0 aromatic carbocycles. The van der Waals surface area contributed by atoms with Gasteiger partial charge in [-0.1, -0.05) is 5.16 Å². The zero-order chi connectivity index (χ0) is 16.2. The van der Waals surface area contributed by atoms with Gasteiger partial charge >= 0.3 is 0 Å². The van der Waals surface area contributed by atoms with Gasteiger partial charge in [0.15, 0.2) is 11.3 Å².